The summed E-state index contributed by atoms with van der Waals surface area (Å²) in [5.41, 5.74) is 4.78. The molecule has 3 aromatic carbocycles. The second-order valence-electron chi connectivity index (χ2n) is 6.48. The van der Waals surface area contributed by atoms with Gasteiger partial charge in [0.15, 0.2) is 0 Å². The van der Waals surface area contributed by atoms with Crippen LogP contribution in [0.15, 0.2) is 78.9 Å². The highest BCUT2D eigenvalue weighted by Crippen LogP contribution is 2.24. The Labute approximate surface area is 154 Å². The summed E-state index contributed by atoms with van der Waals surface area (Å²) < 4.78 is 0. The van der Waals surface area contributed by atoms with Crippen LogP contribution in [0.3, 0.4) is 0 Å². The topological polar surface area (TPSA) is 47.3 Å². The maximum absolute atomic E-state index is 10.3. The first kappa shape index (κ1) is 17.9. The molecule has 1 unspecified atom stereocenters. The van der Waals surface area contributed by atoms with Gasteiger partial charge < -0.3 is 5.11 Å². The summed E-state index contributed by atoms with van der Waals surface area (Å²) in [4.78, 5) is 2.11. The van der Waals surface area contributed by atoms with Crippen molar-refractivity contribution in [2.75, 3.05) is 13.6 Å². The summed E-state index contributed by atoms with van der Waals surface area (Å²) in [6.45, 7) is 1.33. The number of nitrogens with zero attached hydrogens (tertiary/aromatic N) is 2. The van der Waals surface area contributed by atoms with E-state index in [0.29, 0.717) is 12.1 Å². The van der Waals surface area contributed by atoms with Crippen molar-refractivity contribution >= 4 is 0 Å². The van der Waals surface area contributed by atoms with Gasteiger partial charge in [0, 0.05) is 13.1 Å². The third-order valence-electron chi connectivity index (χ3n) is 4.43. The number of nitriles is 1. The van der Waals surface area contributed by atoms with Gasteiger partial charge in [-0.25, -0.2) is 0 Å². The third-order valence-corrected chi connectivity index (χ3v) is 4.43. The minimum Gasteiger partial charge on any atom is -0.387 e. The molecule has 3 heteroatoms. The van der Waals surface area contributed by atoms with Crippen LogP contribution < -0.4 is 0 Å². The van der Waals surface area contributed by atoms with E-state index in [-0.39, 0.29) is 0 Å². The molecule has 0 bridgehead atoms. The monoisotopic (exact) mass is 342 g/mol. The van der Waals surface area contributed by atoms with E-state index in [1.807, 2.05) is 73.8 Å². The van der Waals surface area contributed by atoms with Crippen molar-refractivity contribution in [2.45, 2.75) is 12.6 Å². The van der Waals surface area contributed by atoms with Crippen LogP contribution >= 0.6 is 0 Å². The zero-order chi connectivity index (χ0) is 18.4. The predicted molar refractivity (Wildman–Crippen MR) is 104 cm³/mol. The first-order valence-electron chi connectivity index (χ1n) is 8.67. The molecular formula is C23H22N2O. The Morgan fingerprint density at radius 3 is 2.27 bits per heavy atom. The van der Waals surface area contributed by atoms with E-state index >= 15 is 0 Å². The van der Waals surface area contributed by atoms with Gasteiger partial charge in [0.25, 0.3) is 0 Å². The minimum atomic E-state index is -0.497. The van der Waals surface area contributed by atoms with E-state index in [4.69, 9.17) is 0 Å². The third kappa shape index (κ3) is 4.37. The molecule has 0 saturated heterocycles. The quantitative estimate of drug-likeness (QED) is 0.723. The molecule has 1 N–H and O–H groups in total. The largest absolute Gasteiger partial charge is 0.387 e. The Morgan fingerprint density at radius 1 is 0.923 bits per heavy atom. The average molecular weight is 342 g/mol. The highest BCUT2D eigenvalue weighted by molar-refractivity contribution is 5.70. The molecule has 3 aromatic rings. The van der Waals surface area contributed by atoms with Crippen LogP contribution in [0.2, 0.25) is 0 Å². The fourth-order valence-electron chi connectivity index (χ4n) is 3.07. The number of likely N-dealkylation sites (N-methyl/N-ethyl adjacent to an activating group) is 1. The SMILES string of the molecule is CN(Cc1ccc(-c2ccccc2C#N)cc1)CC(O)c1ccccc1. The van der Waals surface area contributed by atoms with Crippen molar-refractivity contribution in [1.82, 2.24) is 4.90 Å². The van der Waals surface area contributed by atoms with Crippen LogP contribution in [-0.4, -0.2) is 23.6 Å². The molecule has 3 nitrogen and oxygen atoms in total. The van der Waals surface area contributed by atoms with E-state index in [1.165, 1.54) is 5.56 Å². The van der Waals surface area contributed by atoms with E-state index < -0.39 is 6.10 Å². The fraction of sp³-hybridized carbons (Fsp3) is 0.174. The lowest BCUT2D eigenvalue weighted by molar-refractivity contribution is 0.124. The molecule has 0 spiro atoms. The normalized spacial score (nSPS) is 11.9. The van der Waals surface area contributed by atoms with Crippen LogP contribution in [0.5, 0.6) is 0 Å². The number of aliphatic hydroxyl groups is 1. The lowest BCUT2D eigenvalue weighted by Crippen LogP contribution is -2.24. The van der Waals surface area contributed by atoms with Crippen molar-refractivity contribution in [2.24, 2.45) is 0 Å². The Balaban J connectivity index is 1.65. The molecule has 0 aliphatic carbocycles. The minimum absolute atomic E-state index is 0.497. The lowest BCUT2D eigenvalue weighted by atomic mass is 9.99. The number of benzene rings is 3. The number of rotatable bonds is 6. The van der Waals surface area contributed by atoms with Gasteiger partial charge in [-0.3, -0.25) is 4.90 Å². The zero-order valence-corrected chi connectivity index (χ0v) is 14.8. The second-order valence-corrected chi connectivity index (χ2v) is 6.48. The van der Waals surface area contributed by atoms with Gasteiger partial charge in [0.1, 0.15) is 0 Å². The molecule has 0 fully saturated rings. The molecule has 0 heterocycles. The van der Waals surface area contributed by atoms with Crippen LogP contribution in [0, 0.1) is 11.3 Å². The molecule has 3 rings (SSSR count). The van der Waals surface area contributed by atoms with Gasteiger partial charge in [0.2, 0.25) is 0 Å². The van der Waals surface area contributed by atoms with Crippen molar-refractivity contribution in [1.29, 1.82) is 5.26 Å². The maximum atomic E-state index is 10.3. The summed E-state index contributed by atoms with van der Waals surface area (Å²) in [6.07, 6.45) is -0.497. The molecule has 0 aliphatic heterocycles. The van der Waals surface area contributed by atoms with Crippen LogP contribution in [0.1, 0.15) is 22.8 Å². The number of hydrogen-bond acceptors (Lipinski definition) is 3. The Morgan fingerprint density at radius 2 is 1.58 bits per heavy atom. The van der Waals surface area contributed by atoms with Crippen molar-refractivity contribution < 1.29 is 5.11 Å². The van der Waals surface area contributed by atoms with Gasteiger partial charge in [0.05, 0.1) is 17.7 Å². The van der Waals surface area contributed by atoms with E-state index in [9.17, 15) is 10.4 Å². The fourth-order valence-corrected chi connectivity index (χ4v) is 3.07. The zero-order valence-electron chi connectivity index (χ0n) is 14.8. The molecule has 0 amide bonds. The Hall–Kier alpha value is -2.93. The first-order chi connectivity index (χ1) is 12.7. The first-order valence-corrected chi connectivity index (χ1v) is 8.67. The summed E-state index contributed by atoms with van der Waals surface area (Å²) in [6, 6.07) is 27.8. The van der Waals surface area contributed by atoms with Gasteiger partial charge in [-0.15, -0.1) is 0 Å². The summed E-state index contributed by atoms with van der Waals surface area (Å²) >= 11 is 0. The predicted octanol–water partition coefficient (Wildman–Crippen LogP) is 4.39. The van der Waals surface area contributed by atoms with Crippen molar-refractivity contribution in [3.63, 3.8) is 0 Å². The van der Waals surface area contributed by atoms with E-state index in [2.05, 4.69) is 23.1 Å². The molecule has 130 valence electrons. The summed E-state index contributed by atoms with van der Waals surface area (Å²) in [5.74, 6) is 0. The molecule has 0 saturated carbocycles. The highest BCUT2D eigenvalue weighted by atomic mass is 16.3. The van der Waals surface area contributed by atoms with Gasteiger partial charge in [-0.1, -0.05) is 72.8 Å². The summed E-state index contributed by atoms with van der Waals surface area (Å²) in [5, 5.41) is 19.6. The lowest BCUT2D eigenvalue weighted by Gasteiger charge is -2.21. The summed E-state index contributed by atoms with van der Waals surface area (Å²) in [7, 11) is 2.01. The molecular weight excluding hydrogens is 320 g/mol. The van der Waals surface area contributed by atoms with Crippen molar-refractivity contribution in [3.8, 4) is 17.2 Å². The van der Waals surface area contributed by atoms with Crippen molar-refractivity contribution in [3.05, 3.63) is 95.6 Å². The molecule has 1 atom stereocenters. The van der Waals surface area contributed by atoms with Gasteiger partial charge in [-0.05, 0) is 35.4 Å². The molecule has 0 aliphatic rings. The van der Waals surface area contributed by atoms with Gasteiger partial charge in [-0.2, -0.15) is 5.26 Å². The average Bonchev–Trinajstić information content (AvgIpc) is 2.69. The van der Waals surface area contributed by atoms with Gasteiger partial charge >= 0.3 is 0 Å². The van der Waals surface area contributed by atoms with Crippen LogP contribution in [-0.2, 0) is 6.54 Å². The Kier molecular flexibility index (Phi) is 5.80. The maximum Gasteiger partial charge on any atom is 0.0998 e. The molecule has 0 radical (unpaired) electrons. The number of aliphatic hydroxyl groups excluding tert-OH is 1. The molecule has 0 aromatic heterocycles. The smallest absolute Gasteiger partial charge is 0.0998 e. The van der Waals surface area contributed by atoms with E-state index in [1.54, 1.807) is 0 Å². The van der Waals surface area contributed by atoms with E-state index in [0.717, 1.165) is 23.2 Å². The van der Waals surface area contributed by atoms with Crippen LogP contribution in [0.4, 0.5) is 0 Å². The van der Waals surface area contributed by atoms with Crippen LogP contribution in [0.25, 0.3) is 11.1 Å². The number of hydrogen-bond donors (Lipinski definition) is 1. The highest BCUT2D eigenvalue weighted by Gasteiger charge is 2.11. The standard InChI is InChI=1S/C23H22N2O/c1-25(17-23(26)20-7-3-2-4-8-20)16-18-11-13-19(14-12-18)22-10-6-5-9-21(22)15-24/h2-14,23,26H,16-17H2,1H3. The molecule has 26 heavy (non-hydrogen) atoms. The second kappa shape index (κ2) is 8.44. The Bertz CT molecular complexity index is 882.